The van der Waals surface area contributed by atoms with E-state index in [0.717, 1.165) is 12.0 Å². The van der Waals surface area contributed by atoms with E-state index in [1.807, 2.05) is 30.3 Å². The van der Waals surface area contributed by atoms with E-state index in [9.17, 15) is 4.79 Å². The number of hydrogen-bond donors (Lipinski definition) is 0. The van der Waals surface area contributed by atoms with Gasteiger partial charge in [0.2, 0.25) is 5.91 Å². The fourth-order valence-corrected chi connectivity index (χ4v) is 2.84. The molecule has 0 aromatic heterocycles. The number of rotatable bonds is 2. The van der Waals surface area contributed by atoms with Gasteiger partial charge in [-0.25, -0.2) is 0 Å². The van der Waals surface area contributed by atoms with Gasteiger partial charge in [-0.3, -0.25) is 4.79 Å². The first kappa shape index (κ1) is 11.2. The number of benzene rings is 1. The number of fused-ring (bicyclic) bond motifs is 1. The molecule has 2 aliphatic heterocycles. The molecule has 1 aromatic rings. The van der Waals surface area contributed by atoms with Crippen molar-refractivity contribution in [3.05, 3.63) is 35.9 Å². The molecule has 2 unspecified atom stereocenters. The second-order valence-electron chi connectivity index (χ2n) is 4.75. The summed E-state index contributed by atoms with van der Waals surface area (Å²) in [6.07, 6.45) is 0.604. The molecule has 0 spiro atoms. The van der Waals surface area contributed by atoms with Crippen LogP contribution in [0.4, 0.5) is 0 Å². The summed E-state index contributed by atoms with van der Waals surface area (Å²) in [4.78, 5) is 14.0. The molecule has 0 saturated carbocycles. The van der Waals surface area contributed by atoms with Gasteiger partial charge in [-0.1, -0.05) is 30.3 Å². The second-order valence-corrected chi connectivity index (χ2v) is 4.75. The molecule has 0 bridgehead atoms. The van der Waals surface area contributed by atoms with Crippen molar-refractivity contribution in [2.45, 2.75) is 25.1 Å². The van der Waals surface area contributed by atoms with Crippen molar-refractivity contribution in [1.82, 2.24) is 4.90 Å². The molecular formula is C14H14N2O2. The minimum atomic E-state index is -0.624. The Morgan fingerprint density at radius 2 is 2.17 bits per heavy atom. The highest BCUT2D eigenvalue weighted by molar-refractivity contribution is 5.85. The molecule has 0 radical (unpaired) electrons. The summed E-state index contributed by atoms with van der Waals surface area (Å²) in [6, 6.07) is 12.0. The first-order valence-electron chi connectivity index (χ1n) is 6.17. The lowest BCUT2D eigenvalue weighted by Gasteiger charge is -2.22. The van der Waals surface area contributed by atoms with Crippen LogP contribution < -0.4 is 0 Å². The zero-order chi connectivity index (χ0) is 12.5. The maximum absolute atomic E-state index is 12.2. The van der Waals surface area contributed by atoms with Gasteiger partial charge in [-0.05, 0) is 12.0 Å². The molecule has 0 aliphatic carbocycles. The Morgan fingerprint density at radius 3 is 2.89 bits per heavy atom. The average Bonchev–Trinajstić information content (AvgIpc) is 2.94. The number of amides is 1. The summed E-state index contributed by atoms with van der Waals surface area (Å²) >= 11 is 0. The summed E-state index contributed by atoms with van der Waals surface area (Å²) in [6.45, 7) is 1.22. The molecule has 4 heteroatoms. The molecule has 2 heterocycles. The maximum atomic E-state index is 12.2. The Kier molecular flexibility index (Phi) is 2.77. The average molecular weight is 242 g/mol. The van der Waals surface area contributed by atoms with Crippen molar-refractivity contribution in [3.8, 4) is 6.07 Å². The molecule has 2 aliphatic rings. The van der Waals surface area contributed by atoms with Gasteiger partial charge in [0.25, 0.3) is 0 Å². The predicted molar refractivity (Wildman–Crippen MR) is 64.2 cm³/mol. The molecular weight excluding hydrogens is 228 g/mol. The summed E-state index contributed by atoms with van der Waals surface area (Å²) in [5.74, 6) is -0.711. The monoisotopic (exact) mass is 242 g/mol. The second kappa shape index (κ2) is 4.43. The van der Waals surface area contributed by atoms with Crippen LogP contribution in [0.3, 0.4) is 0 Å². The maximum Gasteiger partial charge on any atom is 0.243 e. The third kappa shape index (κ3) is 1.68. The molecule has 2 fully saturated rings. The Hall–Kier alpha value is -1.86. The van der Waals surface area contributed by atoms with E-state index in [4.69, 9.17) is 10.00 Å². The lowest BCUT2D eigenvalue weighted by Crippen LogP contribution is -2.34. The van der Waals surface area contributed by atoms with E-state index >= 15 is 0 Å². The van der Waals surface area contributed by atoms with Gasteiger partial charge in [0, 0.05) is 13.2 Å². The number of nitrogens with zero attached hydrogens (tertiary/aromatic N) is 2. The number of carbonyl (C=O) groups excluding carboxylic acids is 1. The zero-order valence-corrected chi connectivity index (χ0v) is 9.95. The summed E-state index contributed by atoms with van der Waals surface area (Å²) in [5.41, 5.74) is 1.09. The molecule has 2 saturated heterocycles. The molecule has 3 rings (SSSR count). The SMILES string of the molecule is N#CC1C(=O)N(Cc2ccccc2)[C@@H]2CCOC12. The van der Waals surface area contributed by atoms with Crippen LogP contribution in [0.1, 0.15) is 12.0 Å². The molecule has 18 heavy (non-hydrogen) atoms. The Balaban J connectivity index is 1.84. The summed E-state index contributed by atoms with van der Waals surface area (Å²) < 4.78 is 5.53. The van der Waals surface area contributed by atoms with Crippen molar-refractivity contribution in [2.75, 3.05) is 6.61 Å². The van der Waals surface area contributed by atoms with E-state index in [1.54, 1.807) is 4.90 Å². The molecule has 1 aromatic carbocycles. The highest BCUT2D eigenvalue weighted by Gasteiger charge is 2.51. The van der Waals surface area contributed by atoms with Crippen molar-refractivity contribution >= 4 is 5.91 Å². The molecule has 92 valence electrons. The van der Waals surface area contributed by atoms with Crippen LogP contribution in [0, 0.1) is 17.2 Å². The first-order valence-corrected chi connectivity index (χ1v) is 6.17. The van der Waals surface area contributed by atoms with Crippen molar-refractivity contribution in [1.29, 1.82) is 5.26 Å². The molecule has 4 nitrogen and oxygen atoms in total. The Labute approximate surface area is 106 Å². The van der Waals surface area contributed by atoms with Gasteiger partial charge >= 0.3 is 0 Å². The van der Waals surface area contributed by atoms with E-state index < -0.39 is 5.92 Å². The molecule has 0 N–H and O–H groups in total. The standard InChI is InChI=1S/C14H14N2O2/c15-8-11-13-12(6-7-18-13)16(14(11)17)9-10-4-2-1-3-5-10/h1-5,11-13H,6-7,9H2/t11?,12-,13?/m1/s1. The first-order chi connectivity index (χ1) is 8.81. The normalized spacial score (nSPS) is 30.3. The summed E-state index contributed by atoms with van der Waals surface area (Å²) in [5, 5.41) is 9.09. The van der Waals surface area contributed by atoms with Gasteiger partial charge in [-0.15, -0.1) is 0 Å². The largest absolute Gasteiger partial charge is 0.374 e. The van der Waals surface area contributed by atoms with Crippen LogP contribution >= 0.6 is 0 Å². The van der Waals surface area contributed by atoms with Crippen LogP contribution in [0.15, 0.2) is 30.3 Å². The van der Waals surface area contributed by atoms with Crippen molar-refractivity contribution in [2.24, 2.45) is 5.92 Å². The Bertz CT molecular complexity index is 494. The number of likely N-dealkylation sites (tertiary alicyclic amines) is 1. The van der Waals surface area contributed by atoms with Gasteiger partial charge in [-0.2, -0.15) is 5.26 Å². The quantitative estimate of drug-likeness (QED) is 0.786. The van der Waals surface area contributed by atoms with Crippen LogP contribution in [0.2, 0.25) is 0 Å². The van der Waals surface area contributed by atoms with Crippen LogP contribution in [0.5, 0.6) is 0 Å². The minimum Gasteiger partial charge on any atom is -0.374 e. The predicted octanol–water partition coefficient (Wildman–Crippen LogP) is 1.33. The molecule has 3 atom stereocenters. The fourth-order valence-electron chi connectivity index (χ4n) is 2.84. The molecule has 1 amide bonds. The lowest BCUT2D eigenvalue weighted by molar-refractivity contribution is -0.132. The lowest BCUT2D eigenvalue weighted by atomic mass is 10.0. The van der Waals surface area contributed by atoms with Crippen LogP contribution in [0.25, 0.3) is 0 Å². The van der Waals surface area contributed by atoms with E-state index in [-0.39, 0.29) is 18.1 Å². The van der Waals surface area contributed by atoms with Crippen molar-refractivity contribution in [3.63, 3.8) is 0 Å². The highest BCUT2D eigenvalue weighted by atomic mass is 16.5. The minimum absolute atomic E-state index is 0.0716. The van der Waals surface area contributed by atoms with Gasteiger partial charge in [0.05, 0.1) is 12.1 Å². The third-order valence-electron chi connectivity index (χ3n) is 3.72. The smallest absolute Gasteiger partial charge is 0.243 e. The third-order valence-corrected chi connectivity index (χ3v) is 3.72. The van der Waals surface area contributed by atoms with Crippen molar-refractivity contribution < 1.29 is 9.53 Å². The van der Waals surface area contributed by atoms with Gasteiger partial charge < -0.3 is 9.64 Å². The van der Waals surface area contributed by atoms with Crippen LogP contribution in [-0.4, -0.2) is 29.6 Å². The number of ether oxygens (including phenoxy) is 1. The zero-order valence-electron chi connectivity index (χ0n) is 9.95. The fraction of sp³-hybridized carbons (Fsp3) is 0.429. The highest BCUT2D eigenvalue weighted by Crippen LogP contribution is 2.35. The Morgan fingerprint density at radius 1 is 1.39 bits per heavy atom. The number of nitriles is 1. The van der Waals surface area contributed by atoms with E-state index in [0.29, 0.717) is 13.2 Å². The van der Waals surface area contributed by atoms with E-state index in [1.165, 1.54) is 0 Å². The number of hydrogen-bond acceptors (Lipinski definition) is 3. The van der Waals surface area contributed by atoms with Crippen LogP contribution in [-0.2, 0) is 16.1 Å². The van der Waals surface area contributed by atoms with E-state index in [2.05, 4.69) is 6.07 Å². The van der Waals surface area contributed by atoms with Gasteiger partial charge in [0.15, 0.2) is 5.92 Å². The number of carbonyl (C=O) groups is 1. The summed E-state index contributed by atoms with van der Waals surface area (Å²) in [7, 11) is 0. The van der Waals surface area contributed by atoms with Gasteiger partial charge in [0.1, 0.15) is 6.10 Å². The topological polar surface area (TPSA) is 53.3 Å².